The molecule has 0 spiro atoms. The minimum absolute atomic E-state index is 0.140. The molecule has 2 unspecified atom stereocenters. The number of likely N-dealkylation sites (tertiary alicyclic amines) is 1. The molecule has 1 amide bonds. The van der Waals surface area contributed by atoms with Crippen molar-refractivity contribution >= 4 is 17.6 Å². The van der Waals surface area contributed by atoms with Crippen molar-refractivity contribution in [2.75, 3.05) is 11.9 Å². The van der Waals surface area contributed by atoms with E-state index in [1.807, 2.05) is 30.3 Å². The number of amides is 1. The number of aliphatic carboxylic acids is 1. The highest BCUT2D eigenvalue weighted by Crippen LogP contribution is 2.31. The molecule has 1 saturated heterocycles. The summed E-state index contributed by atoms with van der Waals surface area (Å²) >= 11 is 0. The monoisotopic (exact) mass is 357 g/mol. The van der Waals surface area contributed by atoms with Gasteiger partial charge in [-0.25, -0.2) is 0 Å². The number of carboxylic acid groups (broad SMARTS) is 1. The summed E-state index contributed by atoms with van der Waals surface area (Å²) in [6.45, 7) is 3.96. The van der Waals surface area contributed by atoms with Gasteiger partial charge in [0.05, 0.1) is 6.04 Å². The fourth-order valence-electron chi connectivity index (χ4n) is 3.70. The molecular weight excluding hydrogens is 334 g/mol. The molecule has 0 radical (unpaired) electrons. The summed E-state index contributed by atoms with van der Waals surface area (Å²) in [4.78, 5) is 28.1. The van der Waals surface area contributed by atoms with Crippen LogP contribution in [0.1, 0.15) is 29.9 Å². The fourth-order valence-corrected chi connectivity index (χ4v) is 3.70. The number of carboxylic acids is 1. The first-order chi connectivity index (χ1) is 12.4. The van der Waals surface area contributed by atoms with E-state index in [0.29, 0.717) is 36.5 Å². The molecule has 7 heteroatoms. The number of benzene rings is 1. The second-order valence-electron chi connectivity index (χ2n) is 6.68. The maximum absolute atomic E-state index is 13.1. The third-order valence-corrected chi connectivity index (χ3v) is 4.95. The van der Waals surface area contributed by atoms with Crippen LogP contribution in [0, 0.1) is 13.8 Å². The topological polar surface area (TPSA) is 86.9 Å². The fraction of sp³-hybridized carbons (Fsp3) is 0.421. The van der Waals surface area contributed by atoms with Gasteiger partial charge in [-0.2, -0.15) is 0 Å². The molecule has 0 aliphatic carbocycles. The molecule has 0 saturated carbocycles. The quantitative estimate of drug-likeness (QED) is 0.884. The molecule has 1 aliphatic rings. The molecule has 1 fully saturated rings. The molecule has 2 heterocycles. The molecular formula is C19H23N3O4. The Hall–Kier alpha value is -2.67. The number of likely N-dealkylation sites (N-methyl/N-ethyl adjacent to an activating group) is 1. The van der Waals surface area contributed by atoms with Gasteiger partial charge in [0.1, 0.15) is 17.4 Å². The molecule has 2 aromatic rings. The molecule has 1 aliphatic heterocycles. The maximum Gasteiger partial charge on any atom is 0.320 e. The Kier molecular flexibility index (Phi) is 5.08. The first kappa shape index (κ1) is 18.1. The zero-order valence-corrected chi connectivity index (χ0v) is 15.2. The Morgan fingerprint density at radius 3 is 2.46 bits per heavy atom. The van der Waals surface area contributed by atoms with E-state index in [1.165, 1.54) is 4.90 Å². The van der Waals surface area contributed by atoms with Crippen LogP contribution in [0.4, 0.5) is 5.69 Å². The van der Waals surface area contributed by atoms with Crippen LogP contribution in [0.5, 0.6) is 0 Å². The van der Waals surface area contributed by atoms with Crippen LogP contribution < -0.4 is 4.90 Å². The zero-order chi connectivity index (χ0) is 18.8. The zero-order valence-electron chi connectivity index (χ0n) is 15.2. The molecule has 2 atom stereocenters. The van der Waals surface area contributed by atoms with Crippen molar-refractivity contribution in [3.63, 3.8) is 0 Å². The number of hydrogen-bond donors (Lipinski definition) is 1. The summed E-state index contributed by atoms with van der Waals surface area (Å²) in [7, 11) is 1.68. The number of aryl methyl sites for hydroxylation is 2. The molecule has 1 aromatic heterocycles. The second-order valence-corrected chi connectivity index (χ2v) is 6.68. The highest BCUT2D eigenvalue weighted by atomic mass is 16.5. The summed E-state index contributed by atoms with van der Waals surface area (Å²) in [6.07, 6.45) is 0.963. The number of carbonyl (C=O) groups is 2. The summed E-state index contributed by atoms with van der Waals surface area (Å²) in [6, 6.07) is 8.46. The number of hydrogen-bond acceptors (Lipinski definition) is 5. The Labute approximate surface area is 152 Å². The Morgan fingerprint density at radius 2 is 1.88 bits per heavy atom. The number of anilines is 1. The van der Waals surface area contributed by atoms with Crippen LogP contribution in [-0.2, 0) is 16.1 Å². The van der Waals surface area contributed by atoms with E-state index in [2.05, 4.69) is 5.16 Å². The van der Waals surface area contributed by atoms with Crippen LogP contribution in [0.25, 0.3) is 0 Å². The van der Waals surface area contributed by atoms with E-state index < -0.39 is 18.1 Å². The molecule has 1 aromatic carbocycles. The number of rotatable bonds is 5. The van der Waals surface area contributed by atoms with Gasteiger partial charge < -0.3 is 14.5 Å². The van der Waals surface area contributed by atoms with Crippen LogP contribution in [0.3, 0.4) is 0 Å². The third kappa shape index (κ3) is 3.35. The van der Waals surface area contributed by atoms with E-state index in [9.17, 15) is 14.7 Å². The van der Waals surface area contributed by atoms with Gasteiger partial charge in [0, 0.05) is 13.6 Å². The Balaban J connectivity index is 1.86. The van der Waals surface area contributed by atoms with Gasteiger partial charge >= 0.3 is 5.97 Å². The van der Waals surface area contributed by atoms with E-state index in [-0.39, 0.29) is 5.91 Å². The van der Waals surface area contributed by atoms with Gasteiger partial charge in [-0.3, -0.25) is 14.5 Å². The van der Waals surface area contributed by atoms with E-state index in [0.717, 1.165) is 5.56 Å². The molecule has 1 N–H and O–H groups in total. The second kappa shape index (κ2) is 7.29. The van der Waals surface area contributed by atoms with Crippen molar-refractivity contribution in [2.24, 2.45) is 0 Å². The maximum atomic E-state index is 13.1. The van der Waals surface area contributed by atoms with Gasteiger partial charge in [-0.05, 0) is 32.3 Å². The number of aromatic nitrogens is 1. The summed E-state index contributed by atoms with van der Waals surface area (Å²) in [5, 5.41) is 13.5. The normalized spacial score (nSPS) is 20.3. The standard InChI is InChI=1S/C19H23N3O4/c1-12-17(13(2)26-20-12)21(3)18(23)15-9-10-16(19(24)25)22(15)11-14-7-5-4-6-8-14/h4-8,15-16H,9-11H2,1-3H3,(H,24,25). The lowest BCUT2D eigenvalue weighted by molar-refractivity contribution is -0.143. The number of carbonyl (C=O) groups excluding carboxylic acids is 1. The van der Waals surface area contributed by atoms with Crippen molar-refractivity contribution in [1.29, 1.82) is 0 Å². The van der Waals surface area contributed by atoms with Crippen molar-refractivity contribution < 1.29 is 19.2 Å². The van der Waals surface area contributed by atoms with Crippen molar-refractivity contribution in [1.82, 2.24) is 10.1 Å². The first-order valence-corrected chi connectivity index (χ1v) is 8.63. The number of nitrogens with zero attached hydrogens (tertiary/aromatic N) is 3. The summed E-state index contributed by atoms with van der Waals surface area (Å²) < 4.78 is 5.16. The van der Waals surface area contributed by atoms with Crippen molar-refractivity contribution in [3.05, 3.63) is 47.3 Å². The highest BCUT2D eigenvalue weighted by molar-refractivity contribution is 5.98. The summed E-state index contributed by atoms with van der Waals surface area (Å²) in [5.74, 6) is -0.462. The smallest absolute Gasteiger partial charge is 0.320 e. The van der Waals surface area contributed by atoms with Crippen molar-refractivity contribution in [3.8, 4) is 0 Å². The predicted molar refractivity (Wildman–Crippen MR) is 95.8 cm³/mol. The average Bonchev–Trinajstić information content (AvgIpc) is 3.18. The van der Waals surface area contributed by atoms with Crippen LogP contribution in [0.2, 0.25) is 0 Å². The van der Waals surface area contributed by atoms with Crippen molar-refractivity contribution in [2.45, 2.75) is 45.3 Å². The van der Waals surface area contributed by atoms with Gasteiger partial charge in [0.15, 0.2) is 5.76 Å². The van der Waals surface area contributed by atoms with Crippen LogP contribution in [-0.4, -0.2) is 46.2 Å². The lowest BCUT2D eigenvalue weighted by Gasteiger charge is -2.30. The SMILES string of the molecule is Cc1noc(C)c1N(C)C(=O)C1CCC(C(=O)O)N1Cc1ccccc1. The van der Waals surface area contributed by atoms with Crippen LogP contribution >= 0.6 is 0 Å². The Morgan fingerprint density at radius 1 is 1.23 bits per heavy atom. The lowest BCUT2D eigenvalue weighted by atomic mass is 10.1. The predicted octanol–water partition coefficient (Wildman–Crippen LogP) is 2.37. The van der Waals surface area contributed by atoms with E-state index >= 15 is 0 Å². The molecule has 26 heavy (non-hydrogen) atoms. The van der Waals surface area contributed by atoms with Gasteiger partial charge in [-0.15, -0.1) is 0 Å². The van der Waals surface area contributed by atoms with E-state index in [1.54, 1.807) is 25.8 Å². The van der Waals surface area contributed by atoms with Crippen LogP contribution in [0.15, 0.2) is 34.9 Å². The molecule has 3 rings (SSSR count). The first-order valence-electron chi connectivity index (χ1n) is 8.63. The van der Waals surface area contributed by atoms with Gasteiger partial charge in [-0.1, -0.05) is 35.5 Å². The third-order valence-electron chi connectivity index (χ3n) is 4.95. The average molecular weight is 357 g/mol. The minimum atomic E-state index is -0.892. The lowest BCUT2D eigenvalue weighted by Crippen LogP contribution is -2.48. The molecule has 7 nitrogen and oxygen atoms in total. The van der Waals surface area contributed by atoms with Gasteiger partial charge in [0.25, 0.3) is 0 Å². The molecule has 138 valence electrons. The highest BCUT2D eigenvalue weighted by Gasteiger charge is 2.43. The molecule has 0 bridgehead atoms. The minimum Gasteiger partial charge on any atom is -0.480 e. The largest absolute Gasteiger partial charge is 0.480 e. The summed E-state index contributed by atoms with van der Waals surface area (Å²) in [5.41, 5.74) is 2.27. The van der Waals surface area contributed by atoms with Gasteiger partial charge in [0.2, 0.25) is 5.91 Å². The van der Waals surface area contributed by atoms with E-state index in [4.69, 9.17) is 4.52 Å². The Bertz CT molecular complexity index is 783.